The van der Waals surface area contributed by atoms with E-state index >= 15 is 0 Å². The first-order valence-electron chi connectivity index (χ1n) is 5.84. The summed E-state index contributed by atoms with van der Waals surface area (Å²) in [7, 11) is 0. The number of fused-ring (bicyclic) bond motifs is 1. The van der Waals surface area contributed by atoms with Gasteiger partial charge in [-0.3, -0.25) is 4.79 Å². The molecular formula is C13H11BrClNOS2. The van der Waals surface area contributed by atoms with Gasteiger partial charge in [-0.05, 0) is 33.8 Å². The van der Waals surface area contributed by atoms with Crippen LogP contribution in [0.25, 0.3) is 9.88 Å². The first-order valence-corrected chi connectivity index (χ1v) is 8.64. The molecule has 2 heterocycles. The van der Waals surface area contributed by atoms with Gasteiger partial charge in [0.25, 0.3) is 0 Å². The minimum atomic E-state index is 0.0170. The molecule has 0 atom stereocenters. The van der Waals surface area contributed by atoms with Crippen molar-refractivity contribution in [3.8, 4) is 9.88 Å². The molecule has 1 aliphatic rings. The molecule has 6 heteroatoms. The van der Waals surface area contributed by atoms with E-state index in [1.807, 2.05) is 6.07 Å². The Morgan fingerprint density at radius 3 is 2.74 bits per heavy atom. The molecule has 100 valence electrons. The zero-order valence-electron chi connectivity index (χ0n) is 10.4. The van der Waals surface area contributed by atoms with Crippen LogP contribution in [-0.4, -0.2) is 10.8 Å². The summed E-state index contributed by atoms with van der Waals surface area (Å²) in [6.07, 6.45) is 1.47. The molecule has 0 saturated carbocycles. The van der Waals surface area contributed by atoms with E-state index < -0.39 is 0 Å². The Balaban J connectivity index is 2.06. The van der Waals surface area contributed by atoms with Crippen LogP contribution in [0.4, 0.5) is 0 Å². The summed E-state index contributed by atoms with van der Waals surface area (Å²) < 4.78 is 1.60. The van der Waals surface area contributed by atoms with Crippen molar-refractivity contribution in [3.05, 3.63) is 25.4 Å². The molecule has 0 aliphatic heterocycles. The van der Waals surface area contributed by atoms with Crippen molar-refractivity contribution in [2.45, 2.75) is 26.7 Å². The third kappa shape index (κ3) is 2.53. The highest BCUT2D eigenvalue weighted by molar-refractivity contribution is 9.10. The van der Waals surface area contributed by atoms with E-state index in [0.717, 1.165) is 35.7 Å². The number of nitrogens with zero attached hydrogens (tertiary/aromatic N) is 1. The quantitative estimate of drug-likeness (QED) is 0.663. The Labute approximate surface area is 133 Å². The maximum absolute atomic E-state index is 12.2. The van der Waals surface area contributed by atoms with Crippen molar-refractivity contribution in [1.29, 1.82) is 0 Å². The Kier molecular flexibility index (Phi) is 3.37. The second kappa shape index (κ2) is 4.65. The largest absolute Gasteiger partial charge is 0.293 e. The zero-order valence-corrected chi connectivity index (χ0v) is 14.4. The van der Waals surface area contributed by atoms with E-state index in [0.29, 0.717) is 6.42 Å². The first kappa shape index (κ1) is 13.7. The lowest BCUT2D eigenvalue weighted by Gasteiger charge is -2.26. The third-order valence-electron chi connectivity index (χ3n) is 3.09. The molecular weight excluding hydrogens is 366 g/mol. The van der Waals surface area contributed by atoms with E-state index in [4.69, 9.17) is 11.6 Å². The number of carbonyl (C=O) groups is 1. The number of Topliss-reactive ketones (excluding diaryl/α,β-unsaturated/α-hetero) is 1. The number of aromatic nitrogens is 1. The second-order valence-electron chi connectivity index (χ2n) is 5.47. The topological polar surface area (TPSA) is 30.0 Å². The van der Waals surface area contributed by atoms with Gasteiger partial charge >= 0.3 is 0 Å². The number of hydrogen-bond acceptors (Lipinski definition) is 4. The second-order valence-corrected chi connectivity index (χ2v) is 8.98. The Morgan fingerprint density at radius 1 is 1.37 bits per heavy atom. The average Bonchev–Trinajstić information content (AvgIpc) is 2.82. The highest BCUT2D eigenvalue weighted by Crippen LogP contribution is 2.43. The van der Waals surface area contributed by atoms with Crippen LogP contribution in [0.1, 0.15) is 35.6 Å². The number of thiophene rings is 1. The highest BCUT2D eigenvalue weighted by atomic mass is 79.9. The van der Waals surface area contributed by atoms with Gasteiger partial charge in [0.1, 0.15) is 9.34 Å². The maximum atomic E-state index is 12.2. The molecule has 2 nitrogen and oxygen atoms in total. The molecule has 0 unspecified atom stereocenters. The molecule has 0 bridgehead atoms. The van der Waals surface area contributed by atoms with Crippen LogP contribution >= 0.6 is 50.2 Å². The smallest absolute Gasteiger partial charge is 0.175 e. The van der Waals surface area contributed by atoms with Gasteiger partial charge in [0, 0.05) is 10.9 Å². The predicted molar refractivity (Wildman–Crippen MR) is 84.6 cm³/mol. The van der Waals surface area contributed by atoms with E-state index in [1.165, 1.54) is 22.7 Å². The van der Waals surface area contributed by atoms with Crippen molar-refractivity contribution >= 4 is 56.0 Å². The Morgan fingerprint density at radius 2 is 2.11 bits per heavy atom. The lowest BCUT2D eigenvalue weighted by Crippen LogP contribution is -2.25. The zero-order chi connectivity index (χ0) is 13.8. The van der Waals surface area contributed by atoms with E-state index in [9.17, 15) is 4.79 Å². The van der Waals surface area contributed by atoms with E-state index in [2.05, 4.69) is 34.8 Å². The minimum absolute atomic E-state index is 0.0170. The summed E-state index contributed by atoms with van der Waals surface area (Å²) in [5.41, 5.74) is 0.963. The monoisotopic (exact) mass is 375 g/mol. The fourth-order valence-corrected chi connectivity index (χ4v) is 5.04. The van der Waals surface area contributed by atoms with Gasteiger partial charge in [0.05, 0.1) is 15.4 Å². The molecule has 0 spiro atoms. The standard InChI is InChI=1S/C13H11BrClNOS2/c1-13(2)4-7-10(8(17)5-13)19-12(16-7)9-3-6(14)11(15)18-9/h3H,4-5H2,1-2H3. The van der Waals surface area contributed by atoms with Gasteiger partial charge in [-0.15, -0.1) is 22.7 Å². The lowest BCUT2D eigenvalue weighted by molar-refractivity contribution is 0.0916. The van der Waals surface area contributed by atoms with Crippen molar-refractivity contribution < 1.29 is 4.79 Å². The predicted octanol–water partition coefficient (Wildman–Crippen LogP) is 5.44. The summed E-state index contributed by atoms with van der Waals surface area (Å²) >= 11 is 12.4. The van der Waals surface area contributed by atoms with Gasteiger partial charge in [-0.1, -0.05) is 25.4 Å². The Bertz CT molecular complexity index is 655. The summed E-state index contributed by atoms with van der Waals surface area (Å²) in [4.78, 5) is 18.7. The number of rotatable bonds is 1. The molecule has 2 aromatic heterocycles. The van der Waals surface area contributed by atoms with Gasteiger partial charge in [-0.25, -0.2) is 4.98 Å². The molecule has 0 fully saturated rings. The van der Waals surface area contributed by atoms with Crippen molar-refractivity contribution in [1.82, 2.24) is 4.98 Å². The van der Waals surface area contributed by atoms with Crippen molar-refractivity contribution in [2.75, 3.05) is 0 Å². The normalized spacial score (nSPS) is 17.6. The van der Waals surface area contributed by atoms with Crippen LogP contribution in [0.5, 0.6) is 0 Å². The SMILES string of the molecule is CC1(C)CC(=O)c2sc(-c3cc(Br)c(Cl)s3)nc2C1. The lowest BCUT2D eigenvalue weighted by atomic mass is 9.78. The van der Waals surface area contributed by atoms with Gasteiger partial charge in [-0.2, -0.15) is 0 Å². The third-order valence-corrected chi connectivity index (χ3v) is 6.87. The summed E-state index contributed by atoms with van der Waals surface area (Å²) in [6.45, 7) is 4.23. The van der Waals surface area contributed by atoms with Crippen LogP contribution < -0.4 is 0 Å². The fraction of sp³-hybridized carbons (Fsp3) is 0.385. The molecule has 0 amide bonds. The number of ketones is 1. The molecule has 1 aliphatic carbocycles. The van der Waals surface area contributed by atoms with Gasteiger partial charge < -0.3 is 0 Å². The molecule has 19 heavy (non-hydrogen) atoms. The molecule has 2 aromatic rings. The summed E-state index contributed by atoms with van der Waals surface area (Å²) in [6, 6.07) is 1.97. The van der Waals surface area contributed by atoms with Crippen LogP contribution in [0.15, 0.2) is 10.5 Å². The summed E-state index contributed by atoms with van der Waals surface area (Å²) in [5.74, 6) is 0.219. The number of hydrogen-bond donors (Lipinski definition) is 0. The molecule has 0 aromatic carbocycles. The first-order chi connectivity index (χ1) is 8.85. The molecule has 0 saturated heterocycles. The Hall–Kier alpha value is -0.230. The van der Waals surface area contributed by atoms with Gasteiger partial charge in [0.15, 0.2) is 5.78 Å². The molecule has 0 radical (unpaired) electrons. The molecule has 3 rings (SSSR count). The van der Waals surface area contributed by atoms with E-state index in [1.54, 1.807) is 0 Å². The van der Waals surface area contributed by atoms with Crippen molar-refractivity contribution in [3.63, 3.8) is 0 Å². The summed E-state index contributed by atoms with van der Waals surface area (Å²) in [5, 5.41) is 0.897. The minimum Gasteiger partial charge on any atom is -0.293 e. The fourth-order valence-electron chi connectivity index (χ4n) is 2.28. The molecule has 0 N–H and O–H groups in total. The average molecular weight is 377 g/mol. The number of thiazole rings is 1. The van der Waals surface area contributed by atoms with Crippen LogP contribution in [0, 0.1) is 5.41 Å². The van der Waals surface area contributed by atoms with Crippen LogP contribution in [0.3, 0.4) is 0 Å². The van der Waals surface area contributed by atoms with E-state index in [-0.39, 0.29) is 11.2 Å². The van der Waals surface area contributed by atoms with Crippen molar-refractivity contribution in [2.24, 2.45) is 5.41 Å². The highest BCUT2D eigenvalue weighted by Gasteiger charge is 2.34. The van der Waals surface area contributed by atoms with Gasteiger partial charge in [0.2, 0.25) is 0 Å². The number of halogens is 2. The number of carbonyl (C=O) groups excluding carboxylic acids is 1. The van der Waals surface area contributed by atoms with Crippen LogP contribution in [0.2, 0.25) is 4.34 Å². The van der Waals surface area contributed by atoms with Crippen LogP contribution in [-0.2, 0) is 6.42 Å². The maximum Gasteiger partial charge on any atom is 0.175 e.